The monoisotopic (exact) mass is 329 g/mol. The fraction of sp³-hybridized carbons (Fsp3) is 0.750. The molecular weight excluding hydrogens is 302 g/mol. The maximum atomic E-state index is 11.6. The second kappa shape index (κ2) is 7.75. The summed E-state index contributed by atoms with van der Waals surface area (Å²) in [6.07, 6.45) is 6.72. The van der Waals surface area contributed by atoms with E-state index in [1.807, 2.05) is 11.3 Å². The van der Waals surface area contributed by atoms with E-state index in [9.17, 15) is 8.42 Å². The quantitative estimate of drug-likeness (QED) is 0.794. The van der Waals surface area contributed by atoms with E-state index in [1.165, 1.54) is 36.1 Å². The number of thiophene rings is 1. The summed E-state index contributed by atoms with van der Waals surface area (Å²) in [5.74, 6) is 0.572. The van der Waals surface area contributed by atoms with Gasteiger partial charge in [-0.25, -0.2) is 8.42 Å². The maximum Gasteiger partial charge on any atom is 0.150 e. The maximum absolute atomic E-state index is 11.6. The molecule has 0 saturated carbocycles. The van der Waals surface area contributed by atoms with E-state index in [4.69, 9.17) is 0 Å². The summed E-state index contributed by atoms with van der Waals surface area (Å²) in [6.45, 7) is 4.77. The van der Waals surface area contributed by atoms with Crippen molar-refractivity contribution in [1.29, 1.82) is 0 Å². The smallest absolute Gasteiger partial charge is 0.150 e. The fourth-order valence-corrected chi connectivity index (χ4v) is 5.19. The molecule has 1 aliphatic carbocycles. The molecule has 1 aromatic heterocycles. The molecule has 0 aromatic carbocycles. The predicted octanol–water partition coefficient (Wildman–Crippen LogP) is 3.49. The van der Waals surface area contributed by atoms with Crippen molar-refractivity contribution in [2.45, 2.75) is 58.4 Å². The van der Waals surface area contributed by atoms with Crippen molar-refractivity contribution in [1.82, 2.24) is 5.32 Å². The molecule has 0 aliphatic heterocycles. The molecule has 1 aliphatic rings. The minimum atomic E-state index is -2.84. The first-order chi connectivity index (χ1) is 10.1. The van der Waals surface area contributed by atoms with Crippen LogP contribution in [-0.4, -0.2) is 26.5 Å². The van der Waals surface area contributed by atoms with E-state index in [0.29, 0.717) is 11.8 Å². The second-order valence-electron chi connectivity index (χ2n) is 5.79. The third-order valence-electron chi connectivity index (χ3n) is 4.20. The van der Waals surface area contributed by atoms with Gasteiger partial charge in [0, 0.05) is 21.5 Å². The van der Waals surface area contributed by atoms with E-state index >= 15 is 0 Å². The Morgan fingerprint density at radius 2 is 2.05 bits per heavy atom. The van der Waals surface area contributed by atoms with Crippen molar-refractivity contribution in [3.05, 3.63) is 21.4 Å². The molecule has 1 heterocycles. The summed E-state index contributed by atoms with van der Waals surface area (Å²) in [5.41, 5.74) is 1.53. The van der Waals surface area contributed by atoms with Crippen molar-refractivity contribution in [3.63, 3.8) is 0 Å². The standard InChI is InChI=1S/C16H27NO2S2/c1-3-17-14(9-7-11-21(18,19)4-2)16-12-13-8-5-6-10-15(13)20-16/h12,14,17H,3-11H2,1-2H3. The van der Waals surface area contributed by atoms with Gasteiger partial charge in [-0.1, -0.05) is 13.8 Å². The molecular formula is C16H27NO2S2. The number of aryl methyl sites for hydroxylation is 2. The van der Waals surface area contributed by atoms with E-state index in [-0.39, 0.29) is 5.75 Å². The molecule has 3 nitrogen and oxygen atoms in total. The van der Waals surface area contributed by atoms with Crippen molar-refractivity contribution in [2.24, 2.45) is 0 Å². The predicted molar refractivity (Wildman–Crippen MR) is 90.9 cm³/mol. The average Bonchev–Trinajstić information content (AvgIpc) is 2.90. The highest BCUT2D eigenvalue weighted by atomic mass is 32.2. The lowest BCUT2D eigenvalue weighted by Crippen LogP contribution is -2.21. The van der Waals surface area contributed by atoms with Gasteiger partial charge >= 0.3 is 0 Å². The number of sulfone groups is 1. The summed E-state index contributed by atoms with van der Waals surface area (Å²) in [5, 5.41) is 3.53. The van der Waals surface area contributed by atoms with Crippen LogP contribution in [0.2, 0.25) is 0 Å². The highest BCUT2D eigenvalue weighted by Gasteiger charge is 2.19. The topological polar surface area (TPSA) is 46.2 Å². The van der Waals surface area contributed by atoms with Crippen LogP contribution < -0.4 is 5.32 Å². The van der Waals surface area contributed by atoms with Gasteiger partial charge in [-0.05, 0) is 56.7 Å². The van der Waals surface area contributed by atoms with Crippen molar-refractivity contribution < 1.29 is 8.42 Å². The molecule has 1 aromatic rings. The van der Waals surface area contributed by atoms with Crippen LogP contribution >= 0.6 is 11.3 Å². The van der Waals surface area contributed by atoms with Gasteiger partial charge in [0.1, 0.15) is 9.84 Å². The van der Waals surface area contributed by atoms with Crippen LogP contribution in [0.15, 0.2) is 6.07 Å². The van der Waals surface area contributed by atoms with Crippen LogP contribution in [0.1, 0.15) is 60.9 Å². The first-order valence-corrected chi connectivity index (χ1v) is 10.7. The molecule has 0 bridgehead atoms. The number of fused-ring (bicyclic) bond motifs is 1. The Balaban J connectivity index is 1.99. The lowest BCUT2D eigenvalue weighted by Gasteiger charge is -2.16. The molecule has 21 heavy (non-hydrogen) atoms. The lowest BCUT2D eigenvalue weighted by molar-refractivity contribution is 0.513. The molecule has 0 amide bonds. The van der Waals surface area contributed by atoms with E-state index in [1.54, 1.807) is 11.8 Å². The van der Waals surface area contributed by atoms with E-state index < -0.39 is 9.84 Å². The Labute approximate surface area is 133 Å². The van der Waals surface area contributed by atoms with Crippen LogP contribution in [0.4, 0.5) is 0 Å². The lowest BCUT2D eigenvalue weighted by atomic mass is 9.98. The Morgan fingerprint density at radius 1 is 1.29 bits per heavy atom. The van der Waals surface area contributed by atoms with Crippen molar-refractivity contribution >= 4 is 21.2 Å². The van der Waals surface area contributed by atoms with Gasteiger partial charge in [0.05, 0.1) is 5.75 Å². The molecule has 0 spiro atoms. The normalized spacial score (nSPS) is 16.7. The molecule has 5 heteroatoms. The van der Waals surface area contributed by atoms with E-state index in [0.717, 1.165) is 19.4 Å². The minimum absolute atomic E-state index is 0.256. The number of rotatable bonds is 8. The SMILES string of the molecule is CCNC(CCCS(=O)(=O)CC)c1cc2c(s1)CCCC2. The highest BCUT2D eigenvalue weighted by molar-refractivity contribution is 7.91. The summed E-state index contributed by atoms with van der Waals surface area (Å²) >= 11 is 1.94. The van der Waals surface area contributed by atoms with Gasteiger partial charge in [0.25, 0.3) is 0 Å². The average molecular weight is 330 g/mol. The molecule has 1 N–H and O–H groups in total. The highest BCUT2D eigenvalue weighted by Crippen LogP contribution is 2.34. The van der Waals surface area contributed by atoms with Gasteiger partial charge in [0.15, 0.2) is 0 Å². The Hall–Kier alpha value is -0.390. The third-order valence-corrected chi connectivity index (χ3v) is 7.34. The Morgan fingerprint density at radius 3 is 2.71 bits per heavy atom. The molecule has 120 valence electrons. The zero-order valence-corrected chi connectivity index (χ0v) is 14.8. The largest absolute Gasteiger partial charge is 0.310 e. The van der Waals surface area contributed by atoms with Gasteiger partial charge in [-0.15, -0.1) is 11.3 Å². The fourth-order valence-electron chi connectivity index (χ4n) is 2.93. The summed E-state index contributed by atoms with van der Waals surface area (Å²) in [7, 11) is -2.84. The van der Waals surface area contributed by atoms with Crippen LogP contribution in [0.3, 0.4) is 0 Å². The first kappa shape index (κ1) is 17.0. The van der Waals surface area contributed by atoms with Crippen LogP contribution in [0.5, 0.6) is 0 Å². The molecule has 0 saturated heterocycles. The number of hydrogen-bond donors (Lipinski definition) is 1. The zero-order valence-electron chi connectivity index (χ0n) is 13.2. The van der Waals surface area contributed by atoms with Crippen LogP contribution in [0, 0.1) is 0 Å². The number of nitrogens with one attached hydrogen (secondary N) is 1. The first-order valence-electron chi connectivity index (χ1n) is 8.11. The molecule has 1 unspecified atom stereocenters. The Bertz CT molecular complexity index is 525. The minimum Gasteiger partial charge on any atom is -0.310 e. The van der Waals surface area contributed by atoms with Crippen molar-refractivity contribution in [2.75, 3.05) is 18.1 Å². The summed E-state index contributed by atoms with van der Waals surface area (Å²) in [4.78, 5) is 2.96. The van der Waals surface area contributed by atoms with Crippen LogP contribution in [0.25, 0.3) is 0 Å². The van der Waals surface area contributed by atoms with Gasteiger partial charge < -0.3 is 5.32 Å². The number of hydrogen-bond acceptors (Lipinski definition) is 4. The summed E-state index contributed by atoms with van der Waals surface area (Å²) in [6, 6.07) is 2.68. The molecule has 1 atom stereocenters. The molecule has 0 radical (unpaired) electrons. The van der Waals surface area contributed by atoms with E-state index in [2.05, 4.69) is 18.3 Å². The summed E-state index contributed by atoms with van der Waals surface area (Å²) < 4.78 is 23.2. The molecule has 0 fully saturated rings. The third kappa shape index (κ3) is 4.80. The Kier molecular flexibility index (Phi) is 6.26. The van der Waals surface area contributed by atoms with Gasteiger partial charge in [0.2, 0.25) is 0 Å². The molecule has 2 rings (SSSR count). The van der Waals surface area contributed by atoms with Gasteiger partial charge in [-0.2, -0.15) is 0 Å². The van der Waals surface area contributed by atoms with Crippen molar-refractivity contribution in [3.8, 4) is 0 Å². The van der Waals surface area contributed by atoms with Gasteiger partial charge in [-0.3, -0.25) is 0 Å². The van der Waals surface area contributed by atoms with Crippen LogP contribution in [-0.2, 0) is 22.7 Å². The second-order valence-corrected chi connectivity index (χ2v) is 9.43. The zero-order chi connectivity index (χ0) is 15.3.